The van der Waals surface area contributed by atoms with Gasteiger partial charge in [0.15, 0.2) is 0 Å². The topological polar surface area (TPSA) is 89.4 Å². The van der Waals surface area contributed by atoms with Gasteiger partial charge in [-0.2, -0.15) is 0 Å². The number of methoxy groups -OCH3 is 1. The van der Waals surface area contributed by atoms with E-state index >= 15 is 0 Å². The first-order chi connectivity index (χ1) is 20.3. The number of carbonyl (C=O) groups is 2. The molecule has 42 heavy (non-hydrogen) atoms. The molecule has 4 aromatic carbocycles. The summed E-state index contributed by atoms with van der Waals surface area (Å²) in [4.78, 5) is 29.9. The summed E-state index contributed by atoms with van der Waals surface area (Å²) < 4.78 is 6.85. The standard InChI is InChI=1S/C34H35N5O3/c1-23(2)26-13-15-27(16-14-26)33(34(41)35-28-17-19-29(42-4)20-18-28)38(21-25-11-9-24(3)10-12-25)32(40)22-39-31-8-6-5-7-30(31)36-37-39/h5-20,23,33H,21-22H2,1-4H3,(H,35,41). The van der Waals surface area contributed by atoms with Gasteiger partial charge in [0.05, 0.1) is 12.6 Å². The van der Waals surface area contributed by atoms with Crippen molar-refractivity contribution in [2.75, 3.05) is 12.4 Å². The first-order valence-corrected chi connectivity index (χ1v) is 14.0. The van der Waals surface area contributed by atoms with Crippen LogP contribution in [0.5, 0.6) is 5.75 Å². The van der Waals surface area contributed by atoms with Gasteiger partial charge in [-0.3, -0.25) is 9.59 Å². The van der Waals surface area contributed by atoms with E-state index in [9.17, 15) is 9.59 Å². The molecule has 0 aliphatic carbocycles. The molecule has 1 atom stereocenters. The second kappa shape index (κ2) is 12.7. The molecule has 0 fully saturated rings. The highest BCUT2D eigenvalue weighted by Gasteiger charge is 2.32. The van der Waals surface area contributed by atoms with Crippen molar-refractivity contribution in [3.63, 3.8) is 0 Å². The van der Waals surface area contributed by atoms with Gasteiger partial charge in [-0.05, 0) is 65.9 Å². The fourth-order valence-electron chi connectivity index (χ4n) is 4.89. The van der Waals surface area contributed by atoms with Crippen LogP contribution in [-0.2, 0) is 22.7 Å². The Kier molecular flexibility index (Phi) is 8.62. The average Bonchev–Trinajstić information content (AvgIpc) is 3.41. The second-order valence-corrected chi connectivity index (χ2v) is 10.7. The summed E-state index contributed by atoms with van der Waals surface area (Å²) in [6, 6.07) is 29.6. The highest BCUT2D eigenvalue weighted by Crippen LogP contribution is 2.28. The van der Waals surface area contributed by atoms with Gasteiger partial charge >= 0.3 is 0 Å². The van der Waals surface area contributed by atoms with Gasteiger partial charge in [0, 0.05) is 12.2 Å². The van der Waals surface area contributed by atoms with E-state index < -0.39 is 6.04 Å². The lowest BCUT2D eigenvalue weighted by atomic mass is 9.97. The molecule has 0 aliphatic heterocycles. The predicted octanol–water partition coefficient (Wildman–Crippen LogP) is 6.28. The van der Waals surface area contributed by atoms with Crippen molar-refractivity contribution in [1.29, 1.82) is 0 Å². The SMILES string of the molecule is COc1ccc(NC(=O)C(c2ccc(C(C)C)cc2)N(Cc2ccc(C)cc2)C(=O)Cn2nnc3ccccc32)cc1. The normalized spacial score (nSPS) is 11.8. The molecule has 0 saturated heterocycles. The van der Waals surface area contributed by atoms with Gasteiger partial charge < -0.3 is 15.0 Å². The fourth-order valence-corrected chi connectivity index (χ4v) is 4.89. The molecule has 5 rings (SSSR count). The Morgan fingerprint density at radius 2 is 1.55 bits per heavy atom. The predicted molar refractivity (Wildman–Crippen MR) is 164 cm³/mol. The molecule has 8 nitrogen and oxygen atoms in total. The second-order valence-electron chi connectivity index (χ2n) is 10.7. The summed E-state index contributed by atoms with van der Waals surface area (Å²) >= 11 is 0. The number of amides is 2. The van der Waals surface area contributed by atoms with E-state index in [2.05, 4.69) is 29.5 Å². The number of hydrogen-bond donors (Lipinski definition) is 1. The van der Waals surface area contributed by atoms with E-state index in [4.69, 9.17) is 4.74 Å². The van der Waals surface area contributed by atoms with E-state index in [1.54, 1.807) is 41.0 Å². The average molecular weight is 562 g/mol. The van der Waals surface area contributed by atoms with Crippen LogP contribution in [0.3, 0.4) is 0 Å². The van der Waals surface area contributed by atoms with Crippen molar-refractivity contribution in [1.82, 2.24) is 19.9 Å². The molecule has 8 heteroatoms. The molecule has 0 aliphatic rings. The third kappa shape index (κ3) is 6.49. The number of ether oxygens (including phenoxy) is 1. The largest absolute Gasteiger partial charge is 0.497 e. The summed E-state index contributed by atoms with van der Waals surface area (Å²) in [6.45, 7) is 6.43. The van der Waals surface area contributed by atoms with Crippen LogP contribution in [0.4, 0.5) is 5.69 Å². The lowest BCUT2D eigenvalue weighted by molar-refractivity contribution is -0.140. The Hall–Kier alpha value is -4.98. The highest BCUT2D eigenvalue weighted by atomic mass is 16.5. The number of hydrogen-bond acceptors (Lipinski definition) is 5. The number of aryl methyl sites for hydroxylation is 1. The minimum Gasteiger partial charge on any atom is -0.497 e. The summed E-state index contributed by atoms with van der Waals surface area (Å²) in [5, 5.41) is 11.5. The molecule has 1 N–H and O–H groups in total. The van der Waals surface area contributed by atoms with Crippen molar-refractivity contribution in [2.24, 2.45) is 0 Å². The number of nitrogens with one attached hydrogen (secondary N) is 1. The van der Waals surface area contributed by atoms with Crippen molar-refractivity contribution >= 4 is 28.5 Å². The van der Waals surface area contributed by atoms with Crippen LogP contribution in [0.25, 0.3) is 11.0 Å². The monoisotopic (exact) mass is 561 g/mol. The van der Waals surface area contributed by atoms with Crippen LogP contribution in [0.1, 0.15) is 48.1 Å². The number of rotatable bonds is 10. The molecule has 1 aromatic heterocycles. The quantitative estimate of drug-likeness (QED) is 0.217. The zero-order valence-electron chi connectivity index (χ0n) is 24.3. The maximum absolute atomic E-state index is 14.2. The van der Waals surface area contributed by atoms with Crippen LogP contribution in [0, 0.1) is 6.92 Å². The number of carbonyl (C=O) groups excluding carboxylic acids is 2. The third-order valence-corrected chi connectivity index (χ3v) is 7.34. The maximum atomic E-state index is 14.2. The third-order valence-electron chi connectivity index (χ3n) is 7.34. The van der Waals surface area contributed by atoms with Gasteiger partial charge in [-0.1, -0.05) is 85.3 Å². The van der Waals surface area contributed by atoms with Gasteiger partial charge in [-0.25, -0.2) is 4.68 Å². The van der Waals surface area contributed by atoms with E-state index in [0.717, 1.165) is 22.2 Å². The van der Waals surface area contributed by atoms with Gasteiger partial charge in [0.1, 0.15) is 23.9 Å². The zero-order chi connectivity index (χ0) is 29.6. The molecule has 0 saturated carbocycles. The zero-order valence-corrected chi connectivity index (χ0v) is 24.3. The lowest BCUT2D eigenvalue weighted by Gasteiger charge is -2.32. The molecular formula is C34H35N5O3. The highest BCUT2D eigenvalue weighted by molar-refractivity contribution is 5.98. The molecule has 1 heterocycles. The van der Waals surface area contributed by atoms with Crippen molar-refractivity contribution in [3.8, 4) is 5.75 Å². The number of fused-ring (bicyclic) bond motifs is 1. The number of benzene rings is 4. The van der Waals surface area contributed by atoms with E-state index in [-0.39, 0.29) is 24.9 Å². The Labute approximate surface area is 245 Å². The molecule has 214 valence electrons. The molecule has 0 bridgehead atoms. The summed E-state index contributed by atoms with van der Waals surface area (Å²) in [6.07, 6.45) is 0. The first-order valence-electron chi connectivity index (χ1n) is 14.0. The van der Waals surface area contributed by atoms with E-state index in [0.29, 0.717) is 28.4 Å². The summed E-state index contributed by atoms with van der Waals surface area (Å²) in [5.74, 6) is 0.442. The number of nitrogens with zero attached hydrogens (tertiary/aromatic N) is 4. The van der Waals surface area contributed by atoms with E-state index in [1.807, 2.05) is 79.7 Å². The molecule has 2 amide bonds. The molecular weight excluding hydrogens is 526 g/mol. The number of para-hydroxylation sites is 1. The Balaban J connectivity index is 1.55. The minimum atomic E-state index is -0.906. The Bertz CT molecular complexity index is 1660. The van der Waals surface area contributed by atoms with Crippen LogP contribution < -0.4 is 10.1 Å². The van der Waals surface area contributed by atoms with Crippen LogP contribution >= 0.6 is 0 Å². The number of anilines is 1. The van der Waals surface area contributed by atoms with Crippen molar-refractivity contribution in [2.45, 2.75) is 45.8 Å². The summed E-state index contributed by atoms with van der Waals surface area (Å²) in [5.41, 5.74) is 5.96. The van der Waals surface area contributed by atoms with Crippen LogP contribution in [-0.4, -0.2) is 38.8 Å². The molecule has 1 unspecified atom stereocenters. The maximum Gasteiger partial charge on any atom is 0.251 e. The van der Waals surface area contributed by atoms with Gasteiger partial charge in [0.2, 0.25) is 5.91 Å². The Morgan fingerprint density at radius 3 is 2.21 bits per heavy atom. The molecule has 5 aromatic rings. The van der Waals surface area contributed by atoms with Crippen molar-refractivity contribution in [3.05, 3.63) is 119 Å². The molecule has 0 radical (unpaired) electrons. The fraction of sp³-hybridized carbons (Fsp3) is 0.235. The van der Waals surface area contributed by atoms with Gasteiger partial charge in [0.25, 0.3) is 5.91 Å². The molecule has 0 spiro atoms. The van der Waals surface area contributed by atoms with E-state index in [1.165, 1.54) is 0 Å². The van der Waals surface area contributed by atoms with Crippen molar-refractivity contribution < 1.29 is 14.3 Å². The minimum absolute atomic E-state index is 0.0667. The Morgan fingerprint density at radius 1 is 0.881 bits per heavy atom. The lowest BCUT2D eigenvalue weighted by Crippen LogP contribution is -2.42. The van der Waals surface area contributed by atoms with Crippen LogP contribution in [0.15, 0.2) is 97.1 Å². The number of aromatic nitrogens is 3. The summed E-state index contributed by atoms with van der Waals surface area (Å²) in [7, 11) is 1.59. The first kappa shape index (κ1) is 28.5. The van der Waals surface area contributed by atoms with Gasteiger partial charge in [-0.15, -0.1) is 5.10 Å². The van der Waals surface area contributed by atoms with Crippen LogP contribution in [0.2, 0.25) is 0 Å². The smallest absolute Gasteiger partial charge is 0.251 e.